The second-order valence-corrected chi connectivity index (χ2v) is 5.93. The number of nitrogen functional groups attached to an aromatic ring is 1. The molecule has 0 saturated carbocycles. The lowest BCUT2D eigenvalue weighted by atomic mass is 10.2. The number of nitrogens with zero attached hydrogens (tertiary/aromatic N) is 5. The lowest BCUT2D eigenvalue weighted by Crippen LogP contribution is -2.09. The first-order chi connectivity index (χ1) is 13.7. The van der Waals surface area contributed by atoms with E-state index in [-0.39, 0.29) is 12.6 Å². The number of hydrogen-bond acceptors (Lipinski definition) is 9. The van der Waals surface area contributed by atoms with Crippen molar-refractivity contribution in [1.82, 2.24) is 25.1 Å². The van der Waals surface area contributed by atoms with Crippen LogP contribution in [0.1, 0.15) is 11.4 Å². The number of nitrogens with one attached hydrogen (secondary N) is 1. The lowest BCUT2D eigenvalue weighted by Gasteiger charge is -2.10. The Balaban J connectivity index is 1.45. The number of nitrogens with two attached hydrogens (primary N) is 1. The highest BCUT2D eigenvalue weighted by Gasteiger charge is 2.08. The molecule has 0 unspecified atom stereocenters. The van der Waals surface area contributed by atoms with Crippen molar-refractivity contribution in [1.29, 1.82) is 0 Å². The minimum absolute atomic E-state index is 0.122. The third-order valence-corrected chi connectivity index (χ3v) is 3.92. The molecule has 0 bridgehead atoms. The molecule has 0 spiro atoms. The fraction of sp³-hybridized carbons (Fsp3) is 0.105. The molecule has 2 heterocycles. The third-order valence-electron chi connectivity index (χ3n) is 3.92. The summed E-state index contributed by atoms with van der Waals surface area (Å²) in [4.78, 5) is 12.6. The van der Waals surface area contributed by atoms with Crippen LogP contribution in [-0.4, -0.2) is 25.1 Å². The first kappa shape index (κ1) is 17.4. The normalized spacial score (nSPS) is 10.6. The summed E-state index contributed by atoms with van der Waals surface area (Å²) in [5.74, 6) is 2.01. The largest absolute Gasteiger partial charge is 0.486 e. The Bertz CT molecular complexity index is 1070. The monoisotopic (exact) mass is 375 g/mol. The van der Waals surface area contributed by atoms with Gasteiger partial charge in [0.05, 0.1) is 0 Å². The summed E-state index contributed by atoms with van der Waals surface area (Å²) < 4.78 is 10.9. The number of rotatable bonds is 6. The Kier molecular flexibility index (Phi) is 4.79. The highest BCUT2D eigenvalue weighted by molar-refractivity contribution is 5.58. The Morgan fingerprint density at radius 1 is 1.04 bits per heavy atom. The van der Waals surface area contributed by atoms with Crippen molar-refractivity contribution in [3.63, 3.8) is 0 Å². The molecule has 28 heavy (non-hydrogen) atoms. The average Bonchev–Trinajstić information content (AvgIpc) is 3.23. The van der Waals surface area contributed by atoms with E-state index in [1.807, 2.05) is 43.3 Å². The highest BCUT2D eigenvalue weighted by Crippen LogP contribution is 2.21. The van der Waals surface area contributed by atoms with Crippen molar-refractivity contribution < 1.29 is 9.15 Å². The molecule has 0 saturated heterocycles. The molecule has 0 aliphatic heterocycles. The summed E-state index contributed by atoms with van der Waals surface area (Å²) in [7, 11) is 0. The van der Waals surface area contributed by atoms with Gasteiger partial charge in [-0.2, -0.15) is 15.0 Å². The predicted octanol–water partition coefficient (Wildman–Crippen LogP) is 3.13. The Labute approximate surface area is 160 Å². The van der Waals surface area contributed by atoms with Crippen LogP contribution in [0.5, 0.6) is 5.75 Å². The maximum Gasteiger partial charge on any atom is 0.247 e. The van der Waals surface area contributed by atoms with Crippen LogP contribution in [0.4, 0.5) is 17.6 Å². The van der Waals surface area contributed by atoms with Crippen LogP contribution >= 0.6 is 0 Å². The van der Waals surface area contributed by atoms with Gasteiger partial charge >= 0.3 is 0 Å². The Morgan fingerprint density at radius 2 is 1.86 bits per heavy atom. The van der Waals surface area contributed by atoms with Gasteiger partial charge in [0, 0.05) is 11.3 Å². The maximum absolute atomic E-state index is 5.81. The van der Waals surface area contributed by atoms with E-state index in [1.54, 1.807) is 12.1 Å². The average molecular weight is 375 g/mol. The van der Waals surface area contributed by atoms with Crippen LogP contribution in [-0.2, 0) is 6.61 Å². The van der Waals surface area contributed by atoms with Crippen molar-refractivity contribution in [2.45, 2.75) is 13.5 Å². The first-order valence-corrected chi connectivity index (χ1v) is 8.50. The van der Waals surface area contributed by atoms with E-state index in [0.717, 1.165) is 16.8 Å². The molecule has 2 aromatic heterocycles. The molecule has 140 valence electrons. The highest BCUT2D eigenvalue weighted by atomic mass is 16.5. The smallest absolute Gasteiger partial charge is 0.247 e. The number of ether oxygens (including phenoxy) is 1. The van der Waals surface area contributed by atoms with Crippen molar-refractivity contribution in [2.75, 3.05) is 11.1 Å². The van der Waals surface area contributed by atoms with Crippen LogP contribution in [0.2, 0.25) is 0 Å². The zero-order chi connectivity index (χ0) is 19.3. The van der Waals surface area contributed by atoms with Crippen LogP contribution in [0.15, 0.2) is 59.3 Å². The summed E-state index contributed by atoms with van der Waals surface area (Å²) in [6, 6.07) is 15.1. The molecule has 0 atom stereocenters. The van der Waals surface area contributed by atoms with Crippen LogP contribution in [0.3, 0.4) is 0 Å². The van der Waals surface area contributed by atoms with Crippen molar-refractivity contribution >= 4 is 17.6 Å². The number of aryl methyl sites for hydroxylation is 1. The van der Waals surface area contributed by atoms with Gasteiger partial charge < -0.3 is 20.2 Å². The van der Waals surface area contributed by atoms with E-state index in [2.05, 4.69) is 30.5 Å². The lowest BCUT2D eigenvalue weighted by molar-refractivity contribution is 0.296. The Morgan fingerprint density at radius 3 is 2.61 bits per heavy atom. The summed E-state index contributed by atoms with van der Waals surface area (Å²) in [5.41, 5.74) is 8.59. The minimum atomic E-state index is 0.122. The fourth-order valence-corrected chi connectivity index (χ4v) is 2.53. The van der Waals surface area contributed by atoms with Crippen LogP contribution in [0.25, 0.3) is 11.5 Å². The predicted molar refractivity (Wildman–Crippen MR) is 103 cm³/mol. The number of aromatic nitrogens is 5. The standard InChI is InChI=1S/C19H17N7O2/c1-12-4-2-3-5-15(12)22-19-24-16(23-18(20)25-19)10-27-14-8-6-13(7-9-14)17-26-21-11-28-17/h2-9,11H,10H2,1H3,(H3,20,22,23,24,25). The van der Waals surface area contributed by atoms with E-state index in [0.29, 0.717) is 23.4 Å². The summed E-state index contributed by atoms with van der Waals surface area (Å²) >= 11 is 0. The molecular formula is C19H17N7O2. The van der Waals surface area contributed by atoms with Crippen molar-refractivity contribution in [3.8, 4) is 17.2 Å². The summed E-state index contributed by atoms with van der Waals surface area (Å²) in [6.07, 6.45) is 1.29. The molecule has 9 nitrogen and oxygen atoms in total. The molecule has 0 fully saturated rings. The van der Waals surface area contributed by atoms with Gasteiger partial charge in [-0.3, -0.25) is 0 Å². The SMILES string of the molecule is Cc1ccccc1Nc1nc(N)nc(COc2ccc(-c3nnco3)cc2)n1. The zero-order valence-electron chi connectivity index (χ0n) is 15.0. The minimum Gasteiger partial charge on any atom is -0.486 e. The number of hydrogen-bond donors (Lipinski definition) is 2. The van der Waals surface area contributed by atoms with Gasteiger partial charge in [-0.05, 0) is 42.8 Å². The topological polar surface area (TPSA) is 125 Å². The molecular weight excluding hydrogens is 358 g/mol. The van der Waals surface area contributed by atoms with Gasteiger partial charge in [0.1, 0.15) is 12.4 Å². The van der Waals surface area contributed by atoms with Gasteiger partial charge in [-0.1, -0.05) is 18.2 Å². The summed E-state index contributed by atoms with van der Waals surface area (Å²) in [5, 5.41) is 10.7. The summed E-state index contributed by atoms with van der Waals surface area (Å²) in [6.45, 7) is 2.14. The zero-order valence-corrected chi connectivity index (χ0v) is 15.0. The van der Waals surface area contributed by atoms with E-state index in [9.17, 15) is 0 Å². The van der Waals surface area contributed by atoms with Gasteiger partial charge in [-0.15, -0.1) is 10.2 Å². The van der Waals surface area contributed by atoms with Gasteiger partial charge in [0.2, 0.25) is 24.2 Å². The second-order valence-electron chi connectivity index (χ2n) is 5.93. The van der Waals surface area contributed by atoms with E-state index < -0.39 is 0 Å². The molecule has 0 amide bonds. The molecule has 0 radical (unpaired) electrons. The second kappa shape index (κ2) is 7.70. The molecule has 4 rings (SSSR count). The molecule has 4 aromatic rings. The number of para-hydroxylation sites is 1. The molecule has 0 aliphatic rings. The van der Waals surface area contributed by atoms with Gasteiger partial charge in [-0.25, -0.2) is 0 Å². The van der Waals surface area contributed by atoms with Gasteiger partial charge in [0.15, 0.2) is 5.82 Å². The number of benzene rings is 2. The van der Waals surface area contributed by atoms with E-state index in [4.69, 9.17) is 14.9 Å². The Hall–Kier alpha value is -4.01. The molecule has 0 aliphatic carbocycles. The van der Waals surface area contributed by atoms with Crippen LogP contribution < -0.4 is 15.8 Å². The first-order valence-electron chi connectivity index (χ1n) is 8.50. The third kappa shape index (κ3) is 4.04. The molecule has 2 aromatic carbocycles. The van der Waals surface area contributed by atoms with E-state index in [1.165, 1.54) is 6.39 Å². The molecule has 9 heteroatoms. The van der Waals surface area contributed by atoms with E-state index >= 15 is 0 Å². The molecule has 3 N–H and O–H groups in total. The maximum atomic E-state index is 5.81. The quantitative estimate of drug-likeness (QED) is 0.523. The number of anilines is 3. The van der Waals surface area contributed by atoms with Crippen molar-refractivity contribution in [3.05, 3.63) is 66.3 Å². The van der Waals surface area contributed by atoms with Crippen molar-refractivity contribution in [2.24, 2.45) is 0 Å². The van der Waals surface area contributed by atoms with Gasteiger partial charge in [0.25, 0.3) is 0 Å². The van der Waals surface area contributed by atoms with Crippen LogP contribution in [0, 0.1) is 6.92 Å². The fourth-order valence-electron chi connectivity index (χ4n) is 2.53.